The molecule has 4 rings (SSSR count). The number of ether oxygens (including phenoxy) is 3. The van der Waals surface area contributed by atoms with Gasteiger partial charge in [0.2, 0.25) is 11.8 Å². The Morgan fingerprint density at radius 2 is 2.06 bits per heavy atom. The van der Waals surface area contributed by atoms with Crippen LogP contribution in [0.5, 0.6) is 5.75 Å². The molecule has 0 radical (unpaired) electrons. The molecule has 2 unspecified atom stereocenters. The van der Waals surface area contributed by atoms with Crippen LogP contribution in [-0.4, -0.2) is 72.4 Å². The normalized spacial score (nSPS) is 30.9. The molecule has 2 bridgehead atoms. The van der Waals surface area contributed by atoms with E-state index in [1.54, 1.807) is 38.3 Å². The number of rotatable bonds is 8. The third kappa shape index (κ3) is 3.45. The van der Waals surface area contributed by atoms with Crippen molar-refractivity contribution in [1.29, 1.82) is 0 Å². The molecule has 3 fully saturated rings. The van der Waals surface area contributed by atoms with Crippen LogP contribution in [0, 0.1) is 11.8 Å². The smallest absolute Gasteiger partial charge is 0.312 e. The van der Waals surface area contributed by atoms with E-state index in [0.29, 0.717) is 30.7 Å². The van der Waals surface area contributed by atoms with Crippen molar-refractivity contribution in [2.24, 2.45) is 11.8 Å². The van der Waals surface area contributed by atoms with Gasteiger partial charge >= 0.3 is 5.97 Å². The quantitative estimate of drug-likeness (QED) is 0.588. The molecule has 2 N–H and O–H groups in total. The minimum absolute atomic E-state index is 0.112. The Morgan fingerprint density at radius 1 is 1.32 bits per heavy atom. The lowest BCUT2D eigenvalue weighted by Crippen LogP contribution is -2.53. The number of methoxy groups -OCH3 is 1. The van der Waals surface area contributed by atoms with Crippen molar-refractivity contribution >= 4 is 23.5 Å². The molecule has 3 aliphatic rings. The number of benzene rings is 1. The fourth-order valence-electron chi connectivity index (χ4n) is 5.33. The number of hydrogen-bond acceptors (Lipinski definition) is 7. The summed E-state index contributed by atoms with van der Waals surface area (Å²) in [4.78, 5) is 40.9. The first-order valence-electron chi connectivity index (χ1n) is 10.7. The van der Waals surface area contributed by atoms with Gasteiger partial charge in [0.25, 0.3) is 0 Å². The Bertz CT molecular complexity index is 858. The molecule has 168 valence electrons. The Balaban J connectivity index is 1.64. The molecule has 31 heavy (non-hydrogen) atoms. The molecule has 3 saturated heterocycles. The highest BCUT2D eigenvalue weighted by Gasteiger charge is 2.74. The van der Waals surface area contributed by atoms with Crippen molar-refractivity contribution in [3.63, 3.8) is 0 Å². The van der Waals surface area contributed by atoms with E-state index in [0.717, 1.165) is 0 Å². The first-order valence-corrected chi connectivity index (χ1v) is 10.7. The summed E-state index contributed by atoms with van der Waals surface area (Å²) < 4.78 is 16.6. The molecular weight excluding hydrogens is 404 g/mol. The highest BCUT2D eigenvalue weighted by Crippen LogP contribution is 2.58. The van der Waals surface area contributed by atoms with Crippen molar-refractivity contribution in [3.8, 4) is 5.75 Å². The third-order valence-electron chi connectivity index (χ3n) is 6.52. The van der Waals surface area contributed by atoms with E-state index in [1.807, 2.05) is 0 Å². The zero-order chi connectivity index (χ0) is 22.2. The Labute approximate surface area is 180 Å². The molecule has 9 nitrogen and oxygen atoms in total. The Morgan fingerprint density at radius 3 is 2.71 bits per heavy atom. The second-order valence-electron chi connectivity index (χ2n) is 8.13. The van der Waals surface area contributed by atoms with Crippen LogP contribution in [0.4, 0.5) is 5.69 Å². The summed E-state index contributed by atoms with van der Waals surface area (Å²) in [6, 6.07) is 6.01. The second kappa shape index (κ2) is 8.47. The number of aliphatic hydroxyl groups is 1. The highest BCUT2D eigenvalue weighted by molar-refractivity contribution is 6.03. The predicted octanol–water partition coefficient (Wildman–Crippen LogP) is 0.954. The van der Waals surface area contributed by atoms with Gasteiger partial charge < -0.3 is 29.5 Å². The summed E-state index contributed by atoms with van der Waals surface area (Å²) >= 11 is 0. The Kier molecular flexibility index (Phi) is 5.90. The molecule has 0 aromatic heterocycles. The monoisotopic (exact) mass is 432 g/mol. The van der Waals surface area contributed by atoms with Gasteiger partial charge in [-0.3, -0.25) is 14.4 Å². The van der Waals surface area contributed by atoms with E-state index in [4.69, 9.17) is 14.2 Å². The predicted molar refractivity (Wildman–Crippen MR) is 109 cm³/mol. The summed E-state index contributed by atoms with van der Waals surface area (Å²) in [5.41, 5.74) is -0.500. The van der Waals surface area contributed by atoms with Gasteiger partial charge in [-0.25, -0.2) is 0 Å². The number of hydrogen-bond donors (Lipinski definition) is 2. The summed E-state index contributed by atoms with van der Waals surface area (Å²) in [5, 5.41) is 12.2. The van der Waals surface area contributed by atoms with E-state index in [2.05, 4.69) is 5.32 Å². The van der Waals surface area contributed by atoms with E-state index in [9.17, 15) is 19.5 Å². The topological polar surface area (TPSA) is 114 Å². The number of amides is 2. The van der Waals surface area contributed by atoms with Gasteiger partial charge in [0, 0.05) is 18.8 Å². The van der Waals surface area contributed by atoms with E-state index in [-0.39, 0.29) is 31.6 Å². The molecule has 9 heteroatoms. The molecule has 3 aliphatic heterocycles. The average Bonchev–Trinajstić information content (AvgIpc) is 3.40. The fourth-order valence-corrected chi connectivity index (χ4v) is 5.33. The molecule has 3 heterocycles. The highest BCUT2D eigenvalue weighted by atomic mass is 16.6. The van der Waals surface area contributed by atoms with Crippen molar-refractivity contribution in [2.45, 2.75) is 43.9 Å². The van der Waals surface area contributed by atoms with Gasteiger partial charge in [-0.1, -0.05) is 0 Å². The number of carbonyl (C=O) groups excluding carboxylic acids is 3. The lowest BCUT2D eigenvalue weighted by Gasteiger charge is -2.33. The summed E-state index contributed by atoms with van der Waals surface area (Å²) in [6.07, 6.45) is 1.01. The largest absolute Gasteiger partial charge is 0.497 e. The van der Waals surface area contributed by atoms with Crippen LogP contribution in [0.15, 0.2) is 24.3 Å². The van der Waals surface area contributed by atoms with Crippen LogP contribution < -0.4 is 10.1 Å². The standard InChI is InChI=1S/C22H28N2O7/c1-3-30-21(28)16-15-9-10-22(31-15)17(16)20(27)24(11-4-12-25)18(22)19(26)23-13-5-7-14(29-2)8-6-13/h5-8,15-18,25H,3-4,9-12H2,1-2H3,(H,23,26)/t15-,16+,17+,18?,22?/m1/s1. The number of nitrogens with zero attached hydrogens (tertiary/aromatic N) is 1. The first kappa shape index (κ1) is 21.6. The van der Waals surface area contributed by atoms with E-state index in [1.165, 1.54) is 4.90 Å². The molecule has 0 saturated carbocycles. The van der Waals surface area contributed by atoms with Gasteiger partial charge in [-0.2, -0.15) is 0 Å². The number of nitrogens with one attached hydrogen (secondary N) is 1. The summed E-state index contributed by atoms with van der Waals surface area (Å²) in [5.74, 6) is -1.92. The van der Waals surface area contributed by atoms with Gasteiger partial charge in [0.15, 0.2) is 0 Å². The molecule has 1 spiro atoms. The molecule has 2 amide bonds. The number of carbonyl (C=O) groups is 3. The van der Waals surface area contributed by atoms with Gasteiger partial charge in [-0.05, 0) is 50.5 Å². The van der Waals surface area contributed by atoms with Crippen LogP contribution in [-0.2, 0) is 23.9 Å². The van der Waals surface area contributed by atoms with Crippen molar-refractivity contribution < 1.29 is 33.7 Å². The van der Waals surface area contributed by atoms with E-state index >= 15 is 0 Å². The van der Waals surface area contributed by atoms with Crippen LogP contribution in [0.3, 0.4) is 0 Å². The lowest BCUT2D eigenvalue weighted by molar-refractivity contribution is -0.154. The third-order valence-corrected chi connectivity index (χ3v) is 6.52. The minimum atomic E-state index is -1.06. The number of esters is 1. The summed E-state index contributed by atoms with van der Waals surface area (Å²) in [7, 11) is 1.56. The number of anilines is 1. The second-order valence-corrected chi connectivity index (χ2v) is 8.13. The van der Waals surface area contributed by atoms with Crippen molar-refractivity contribution in [1.82, 2.24) is 4.90 Å². The van der Waals surface area contributed by atoms with Gasteiger partial charge in [0.1, 0.15) is 17.4 Å². The fraction of sp³-hybridized carbons (Fsp3) is 0.591. The summed E-state index contributed by atoms with van der Waals surface area (Å²) in [6.45, 7) is 2.03. The Hall–Kier alpha value is -2.65. The average molecular weight is 432 g/mol. The molecular formula is C22H28N2O7. The van der Waals surface area contributed by atoms with Crippen molar-refractivity contribution in [2.75, 3.05) is 32.2 Å². The van der Waals surface area contributed by atoms with Crippen LogP contribution in [0.1, 0.15) is 26.2 Å². The van der Waals surface area contributed by atoms with Crippen molar-refractivity contribution in [3.05, 3.63) is 24.3 Å². The lowest BCUT2D eigenvalue weighted by atomic mass is 9.71. The maximum atomic E-state index is 13.4. The van der Waals surface area contributed by atoms with Crippen LogP contribution in [0.2, 0.25) is 0 Å². The van der Waals surface area contributed by atoms with E-state index < -0.39 is 35.6 Å². The molecule has 1 aromatic rings. The SMILES string of the molecule is CCOC(=O)[C@@H]1[C@H]2C(=O)N(CCCO)C(C(=O)Nc3ccc(OC)cc3)C23CC[C@H]1O3. The number of aliphatic hydroxyl groups excluding tert-OH is 1. The zero-order valence-corrected chi connectivity index (χ0v) is 17.7. The number of likely N-dealkylation sites (tertiary alicyclic amines) is 1. The van der Waals surface area contributed by atoms with Gasteiger partial charge in [0.05, 0.1) is 31.7 Å². The van der Waals surface area contributed by atoms with Crippen LogP contribution >= 0.6 is 0 Å². The number of fused-ring (bicyclic) bond motifs is 1. The maximum Gasteiger partial charge on any atom is 0.312 e. The minimum Gasteiger partial charge on any atom is -0.497 e. The molecule has 5 atom stereocenters. The van der Waals surface area contributed by atoms with Gasteiger partial charge in [-0.15, -0.1) is 0 Å². The zero-order valence-electron chi connectivity index (χ0n) is 17.7. The first-order chi connectivity index (χ1) is 15.0. The van der Waals surface area contributed by atoms with Crippen LogP contribution in [0.25, 0.3) is 0 Å². The molecule has 0 aliphatic carbocycles. The maximum absolute atomic E-state index is 13.4. The molecule has 1 aromatic carbocycles.